The molecule has 0 unspecified atom stereocenters. The van der Waals surface area contributed by atoms with E-state index in [-0.39, 0.29) is 17.8 Å². The van der Waals surface area contributed by atoms with Gasteiger partial charge in [0.15, 0.2) is 11.6 Å². The fraction of sp³-hybridized carbons (Fsp3) is 0.435. The predicted molar refractivity (Wildman–Crippen MR) is 115 cm³/mol. The Bertz CT molecular complexity index is 823. The number of ether oxygens (including phenoxy) is 1. The van der Waals surface area contributed by atoms with Gasteiger partial charge in [0.25, 0.3) is 0 Å². The highest BCUT2D eigenvalue weighted by molar-refractivity contribution is 7.10. The topological polar surface area (TPSA) is 32.8 Å². The van der Waals surface area contributed by atoms with Crippen LogP contribution in [0.1, 0.15) is 30.6 Å². The molecular formula is C23H27FN2O2S. The molecule has 3 heterocycles. The van der Waals surface area contributed by atoms with Crippen LogP contribution in [0.25, 0.3) is 6.08 Å². The summed E-state index contributed by atoms with van der Waals surface area (Å²) in [6.45, 7) is 3.56. The van der Waals surface area contributed by atoms with Gasteiger partial charge >= 0.3 is 0 Å². The number of piperidine rings is 2. The second-order valence-corrected chi connectivity index (χ2v) is 8.67. The van der Waals surface area contributed by atoms with Gasteiger partial charge in [-0.1, -0.05) is 18.2 Å². The van der Waals surface area contributed by atoms with E-state index in [1.807, 2.05) is 28.5 Å². The van der Waals surface area contributed by atoms with Crippen LogP contribution in [-0.4, -0.2) is 54.0 Å². The number of para-hydroxylation sites is 1. The predicted octanol–water partition coefficient (Wildman–Crippen LogP) is 4.43. The number of thiophene rings is 1. The molecule has 2 aliphatic heterocycles. The Hall–Kier alpha value is -2.18. The zero-order valence-electron chi connectivity index (χ0n) is 16.5. The lowest BCUT2D eigenvalue weighted by Crippen LogP contribution is -2.49. The van der Waals surface area contributed by atoms with E-state index in [0.29, 0.717) is 11.8 Å². The van der Waals surface area contributed by atoms with Gasteiger partial charge in [-0.3, -0.25) is 9.69 Å². The lowest BCUT2D eigenvalue weighted by molar-refractivity contribution is -0.127. The van der Waals surface area contributed by atoms with Gasteiger partial charge in [-0.25, -0.2) is 4.39 Å². The average molecular weight is 415 g/mol. The number of carbonyl (C=O) groups excluding carboxylic acids is 1. The number of hydrogen-bond acceptors (Lipinski definition) is 4. The smallest absolute Gasteiger partial charge is 0.246 e. The first-order chi connectivity index (χ1) is 14.2. The van der Waals surface area contributed by atoms with Gasteiger partial charge in [0.2, 0.25) is 5.91 Å². The zero-order valence-corrected chi connectivity index (χ0v) is 17.3. The van der Waals surface area contributed by atoms with Gasteiger partial charge in [0.05, 0.1) is 0 Å². The molecule has 0 atom stereocenters. The first-order valence-electron chi connectivity index (χ1n) is 10.3. The Morgan fingerprint density at radius 2 is 1.79 bits per heavy atom. The van der Waals surface area contributed by atoms with Gasteiger partial charge in [0.1, 0.15) is 6.10 Å². The van der Waals surface area contributed by atoms with Crippen LogP contribution in [0.5, 0.6) is 5.75 Å². The molecule has 4 rings (SSSR count). The van der Waals surface area contributed by atoms with E-state index in [0.717, 1.165) is 56.7 Å². The third-order valence-electron chi connectivity index (χ3n) is 5.83. The van der Waals surface area contributed by atoms with E-state index in [1.54, 1.807) is 35.6 Å². The molecule has 154 valence electrons. The fourth-order valence-electron chi connectivity index (χ4n) is 4.17. The van der Waals surface area contributed by atoms with Crippen molar-refractivity contribution < 1.29 is 13.9 Å². The van der Waals surface area contributed by atoms with Crippen LogP contribution < -0.4 is 4.74 Å². The molecule has 0 saturated carbocycles. The third-order valence-corrected chi connectivity index (χ3v) is 6.67. The largest absolute Gasteiger partial charge is 0.487 e. The number of hydrogen-bond donors (Lipinski definition) is 0. The minimum atomic E-state index is -0.292. The number of rotatable bonds is 5. The highest BCUT2D eigenvalue weighted by Gasteiger charge is 2.30. The molecule has 0 aliphatic carbocycles. The maximum Gasteiger partial charge on any atom is 0.246 e. The van der Waals surface area contributed by atoms with Crippen molar-refractivity contribution in [3.8, 4) is 5.75 Å². The Kier molecular flexibility index (Phi) is 6.62. The number of carbonyl (C=O) groups is 1. The van der Waals surface area contributed by atoms with Crippen molar-refractivity contribution in [2.75, 3.05) is 26.2 Å². The monoisotopic (exact) mass is 414 g/mol. The summed E-state index contributed by atoms with van der Waals surface area (Å²) in [4.78, 5) is 18.0. The molecule has 0 N–H and O–H groups in total. The minimum absolute atomic E-state index is 0.0761. The quantitative estimate of drug-likeness (QED) is 0.679. The summed E-state index contributed by atoms with van der Waals surface area (Å²) in [5.41, 5.74) is 0. The molecule has 2 aliphatic rings. The summed E-state index contributed by atoms with van der Waals surface area (Å²) in [6, 6.07) is 11.1. The normalized spacial score (nSPS) is 19.7. The van der Waals surface area contributed by atoms with Crippen molar-refractivity contribution in [1.29, 1.82) is 0 Å². The molecule has 1 aromatic carbocycles. The standard InChI is InChI=1S/C23H27FN2O2S/c24-21-5-1-2-6-22(21)28-19-11-15-25(16-12-19)18-9-13-26(14-10-18)23(27)8-7-20-4-3-17-29-20/h1-8,17-19H,9-16H2. The van der Waals surface area contributed by atoms with Gasteiger partial charge in [0, 0.05) is 43.2 Å². The summed E-state index contributed by atoms with van der Waals surface area (Å²) in [7, 11) is 0. The first kappa shape index (κ1) is 20.1. The lowest BCUT2D eigenvalue weighted by Gasteiger charge is -2.41. The highest BCUT2D eigenvalue weighted by Crippen LogP contribution is 2.25. The Morgan fingerprint density at radius 1 is 1.03 bits per heavy atom. The fourth-order valence-corrected chi connectivity index (χ4v) is 4.79. The van der Waals surface area contributed by atoms with Gasteiger partial charge < -0.3 is 9.64 Å². The summed E-state index contributed by atoms with van der Waals surface area (Å²) < 4.78 is 19.6. The van der Waals surface area contributed by atoms with E-state index in [1.165, 1.54) is 6.07 Å². The molecule has 0 radical (unpaired) electrons. The number of nitrogens with zero attached hydrogens (tertiary/aromatic N) is 2. The van der Waals surface area contributed by atoms with Crippen molar-refractivity contribution in [2.24, 2.45) is 0 Å². The van der Waals surface area contributed by atoms with E-state index in [2.05, 4.69) is 4.90 Å². The van der Waals surface area contributed by atoms with Gasteiger partial charge in [-0.15, -0.1) is 11.3 Å². The van der Waals surface area contributed by atoms with Crippen molar-refractivity contribution in [3.05, 3.63) is 58.5 Å². The maximum absolute atomic E-state index is 13.8. The second kappa shape index (κ2) is 9.55. The van der Waals surface area contributed by atoms with E-state index >= 15 is 0 Å². The summed E-state index contributed by atoms with van der Waals surface area (Å²) >= 11 is 1.64. The molecule has 0 spiro atoms. The third kappa shape index (κ3) is 5.25. The Balaban J connectivity index is 1.21. The molecule has 29 heavy (non-hydrogen) atoms. The van der Waals surface area contributed by atoms with Gasteiger partial charge in [-0.05, 0) is 55.3 Å². The lowest BCUT2D eigenvalue weighted by atomic mass is 9.98. The van der Waals surface area contributed by atoms with Crippen LogP contribution in [0.2, 0.25) is 0 Å². The summed E-state index contributed by atoms with van der Waals surface area (Å²) in [5, 5.41) is 2.01. The van der Waals surface area contributed by atoms with Crippen molar-refractivity contribution in [3.63, 3.8) is 0 Å². The average Bonchev–Trinajstić information content (AvgIpc) is 3.28. The first-order valence-corrected chi connectivity index (χ1v) is 11.2. The second-order valence-electron chi connectivity index (χ2n) is 7.69. The highest BCUT2D eigenvalue weighted by atomic mass is 32.1. The van der Waals surface area contributed by atoms with Crippen molar-refractivity contribution >= 4 is 23.3 Å². The molecule has 2 fully saturated rings. The van der Waals surface area contributed by atoms with Crippen LogP contribution in [0.4, 0.5) is 4.39 Å². The van der Waals surface area contributed by atoms with Crippen molar-refractivity contribution in [2.45, 2.75) is 37.8 Å². The van der Waals surface area contributed by atoms with Crippen LogP contribution in [0.15, 0.2) is 47.9 Å². The van der Waals surface area contributed by atoms with Crippen molar-refractivity contribution in [1.82, 2.24) is 9.80 Å². The molecule has 1 amide bonds. The molecule has 2 saturated heterocycles. The molecular weight excluding hydrogens is 387 g/mol. The Labute approximate surface area is 175 Å². The van der Waals surface area contributed by atoms with Crippen LogP contribution >= 0.6 is 11.3 Å². The molecule has 6 heteroatoms. The van der Waals surface area contributed by atoms with Crippen LogP contribution in [-0.2, 0) is 4.79 Å². The van der Waals surface area contributed by atoms with Gasteiger partial charge in [-0.2, -0.15) is 0 Å². The maximum atomic E-state index is 13.8. The SMILES string of the molecule is O=C(C=Cc1cccs1)N1CCC(N2CCC(Oc3ccccc3F)CC2)CC1. The summed E-state index contributed by atoms with van der Waals surface area (Å²) in [6.07, 6.45) is 7.52. The zero-order chi connectivity index (χ0) is 20.1. The van der Waals surface area contributed by atoms with Crippen LogP contribution in [0.3, 0.4) is 0 Å². The van der Waals surface area contributed by atoms with E-state index in [9.17, 15) is 9.18 Å². The Morgan fingerprint density at radius 3 is 2.48 bits per heavy atom. The van der Waals surface area contributed by atoms with E-state index in [4.69, 9.17) is 4.74 Å². The molecule has 0 bridgehead atoms. The number of benzene rings is 1. The minimum Gasteiger partial charge on any atom is -0.487 e. The molecule has 1 aromatic heterocycles. The molecule has 2 aromatic rings. The molecule has 4 nitrogen and oxygen atoms in total. The van der Waals surface area contributed by atoms with Crippen LogP contribution in [0, 0.1) is 5.82 Å². The van der Waals surface area contributed by atoms with E-state index < -0.39 is 0 Å². The number of amides is 1. The number of likely N-dealkylation sites (tertiary alicyclic amines) is 2. The number of halogens is 1. The summed E-state index contributed by atoms with van der Waals surface area (Å²) in [5.74, 6) is 0.169.